The molecule has 5 nitrogen and oxygen atoms in total. The standard InChI is InChI=1S/C17H14Cl2FNO4S/c1-24-17(23)15-3-2-14(26-15)16(22)21-4-5-25-13(8-21)9-6-12(20)11(19)7-10(9)18/h2-3,6-7,13H,4-5,8H2,1H3. The molecule has 0 bridgehead atoms. The van der Waals surface area contributed by atoms with Crippen LogP contribution in [0.15, 0.2) is 24.3 Å². The van der Waals surface area contributed by atoms with E-state index in [-0.39, 0.29) is 29.1 Å². The van der Waals surface area contributed by atoms with E-state index >= 15 is 0 Å². The molecule has 1 aliphatic heterocycles. The number of hydrogen-bond donors (Lipinski definition) is 0. The molecule has 1 unspecified atom stereocenters. The normalized spacial score (nSPS) is 17.2. The predicted octanol–water partition coefficient (Wildman–Crippen LogP) is 4.19. The van der Waals surface area contributed by atoms with Gasteiger partial charge in [0.15, 0.2) is 0 Å². The molecule has 0 spiro atoms. The van der Waals surface area contributed by atoms with Crippen molar-refractivity contribution in [3.05, 3.63) is 55.4 Å². The molecule has 2 heterocycles. The van der Waals surface area contributed by atoms with Crippen molar-refractivity contribution in [3.63, 3.8) is 0 Å². The van der Waals surface area contributed by atoms with Gasteiger partial charge < -0.3 is 14.4 Å². The van der Waals surface area contributed by atoms with Crippen molar-refractivity contribution in [2.75, 3.05) is 26.8 Å². The van der Waals surface area contributed by atoms with Crippen LogP contribution in [0.5, 0.6) is 0 Å². The predicted molar refractivity (Wildman–Crippen MR) is 96.7 cm³/mol. The largest absolute Gasteiger partial charge is 0.465 e. The van der Waals surface area contributed by atoms with Crippen molar-refractivity contribution in [2.45, 2.75) is 6.10 Å². The molecule has 1 aromatic heterocycles. The fourth-order valence-corrected chi connectivity index (χ4v) is 4.02. The van der Waals surface area contributed by atoms with Crippen LogP contribution in [0.3, 0.4) is 0 Å². The van der Waals surface area contributed by atoms with Gasteiger partial charge >= 0.3 is 5.97 Å². The molecule has 0 N–H and O–H groups in total. The number of esters is 1. The monoisotopic (exact) mass is 417 g/mol. The second kappa shape index (κ2) is 7.92. The molecule has 9 heteroatoms. The Hall–Kier alpha value is -1.67. The lowest BCUT2D eigenvalue weighted by Gasteiger charge is -2.33. The molecule has 1 atom stereocenters. The maximum Gasteiger partial charge on any atom is 0.348 e. The Balaban J connectivity index is 1.78. The minimum Gasteiger partial charge on any atom is -0.465 e. The van der Waals surface area contributed by atoms with Crippen LogP contribution in [0.2, 0.25) is 10.0 Å². The van der Waals surface area contributed by atoms with E-state index in [4.69, 9.17) is 27.9 Å². The van der Waals surface area contributed by atoms with Crippen LogP contribution in [-0.4, -0.2) is 43.6 Å². The molecule has 1 saturated heterocycles. The van der Waals surface area contributed by atoms with Crippen molar-refractivity contribution in [1.82, 2.24) is 4.90 Å². The van der Waals surface area contributed by atoms with Crippen molar-refractivity contribution in [1.29, 1.82) is 0 Å². The lowest BCUT2D eigenvalue weighted by atomic mass is 10.1. The topological polar surface area (TPSA) is 55.8 Å². The molecule has 0 aliphatic carbocycles. The van der Waals surface area contributed by atoms with Gasteiger partial charge in [-0.15, -0.1) is 11.3 Å². The summed E-state index contributed by atoms with van der Waals surface area (Å²) in [5.41, 5.74) is 0.437. The number of morpholine rings is 1. The summed E-state index contributed by atoms with van der Waals surface area (Å²) in [7, 11) is 1.28. The van der Waals surface area contributed by atoms with Gasteiger partial charge in [0.1, 0.15) is 16.8 Å². The SMILES string of the molecule is COC(=O)c1ccc(C(=O)N2CCOC(c3cc(F)c(Cl)cc3Cl)C2)s1. The third-order valence-corrected chi connectivity index (χ3v) is 5.61. The van der Waals surface area contributed by atoms with Gasteiger partial charge in [-0.05, 0) is 24.3 Å². The van der Waals surface area contributed by atoms with Gasteiger partial charge in [-0.2, -0.15) is 0 Å². The summed E-state index contributed by atoms with van der Waals surface area (Å²) in [6.45, 7) is 0.881. The number of benzene rings is 1. The molecule has 0 saturated carbocycles. The molecule has 1 aromatic carbocycles. The van der Waals surface area contributed by atoms with E-state index in [2.05, 4.69) is 4.74 Å². The van der Waals surface area contributed by atoms with Crippen molar-refractivity contribution in [3.8, 4) is 0 Å². The van der Waals surface area contributed by atoms with Crippen molar-refractivity contribution < 1.29 is 23.5 Å². The van der Waals surface area contributed by atoms with Crippen LogP contribution < -0.4 is 0 Å². The molecular formula is C17H14Cl2FNO4S. The average Bonchev–Trinajstić information content (AvgIpc) is 3.13. The first kappa shape index (κ1) is 19.1. The average molecular weight is 418 g/mol. The van der Waals surface area contributed by atoms with Gasteiger partial charge in [-0.25, -0.2) is 9.18 Å². The summed E-state index contributed by atoms with van der Waals surface area (Å²) >= 11 is 12.9. The number of carbonyl (C=O) groups excluding carboxylic acids is 2. The number of amides is 1. The number of rotatable bonds is 3. The van der Waals surface area contributed by atoms with Crippen molar-refractivity contribution >= 4 is 46.4 Å². The van der Waals surface area contributed by atoms with E-state index < -0.39 is 17.9 Å². The Bertz CT molecular complexity index is 857. The van der Waals surface area contributed by atoms with E-state index in [1.807, 2.05) is 0 Å². The van der Waals surface area contributed by atoms with Crippen LogP contribution in [-0.2, 0) is 9.47 Å². The summed E-state index contributed by atoms with van der Waals surface area (Å²) in [5, 5.41) is 0.205. The third-order valence-electron chi connectivity index (χ3n) is 3.94. The van der Waals surface area contributed by atoms with Gasteiger partial charge in [0.25, 0.3) is 5.91 Å². The third kappa shape index (κ3) is 3.86. The first-order valence-corrected chi connectivity index (χ1v) is 9.21. The van der Waals surface area contributed by atoms with Gasteiger partial charge in [-0.3, -0.25) is 4.79 Å². The zero-order chi connectivity index (χ0) is 18.8. The minimum absolute atomic E-state index is 0.0728. The minimum atomic E-state index is -0.598. The highest BCUT2D eigenvalue weighted by molar-refractivity contribution is 7.15. The van der Waals surface area contributed by atoms with E-state index in [0.717, 1.165) is 11.3 Å². The highest BCUT2D eigenvalue weighted by Crippen LogP contribution is 2.33. The summed E-state index contributed by atoms with van der Waals surface area (Å²) in [6.07, 6.45) is -0.563. The number of carbonyl (C=O) groups is 2. The zero-order valence-corrected chi connectivity index (χ0v) is 16.0. The molecule has 1 fully saturated rings. The Labute approximate surface area is 163 Å². The van der Waals surface area contributed by atoms with Gasteiger partial charge in [0.2, 0.25) is 0 Å². The second-order valence-corrected chi connectivity index (χ2v) is 7.45. The Kier molecular flexibility index (Phi) is 5.82. The van der Waals surface area contributed by atoms with E-state index in [0.29, 0.717) is 21.9 Å². The zero-order valence-electron chi connectivity index (χ0n) is 13.6. The molecule has 1 amide bonds. The lowest BCUT2D eigenvalue weighted by molar-refractivity contribution is -0.0227. The second-order valence-electron chi connectivity index (χ2n) is 5.55. The number of ether oxygens (including phenoxy) is 2. The fraction of sp³-hybridized carbons (Fsp3) is 0.294. The van der Waals surface area contributed by atoms with Crippen molar-refractivity contribution in [2.24, 2.45) is 0 Å². The number of thiophene rings is 1. The lowest BCUT2D eigenvalue weighted by Crippen LogP contribution is -2.42. The first-order valence-electron chi connectivity index (χ1n) is 7.64. The maximum atomic E-state index is 13.8. The number of hydrogen-bond acceptors (Lipinski definition) is 5. The fourth-order valence-electron chi connectivity index (χ4n) is 2.63. The summed E-state index contributed by atoms with van der Waals surface area (Å²) in [5.74, 6) is -1.32. The van der Waals surface area contributed by atoms with Crippen LogP contribution >= 0.6 is 34.5 Å². The summed E-state index contributed by atoms with van der Waals surface area (Å²) in [6, 6.07) is 5.68. The molecule has 138 valence electrons. The molecule has 0 radical (unpaired) electrons. The molecule has 2 aromatic rings. The number of methoxy groups -OCH3 is 1. The quantitative estimate of drug-likeness (QED) is 0.554. The highest BCUT2D eigenvalue weighted by atomic mass is 35.5. The van der Waals surface area contributed by atoms with Gasteiger partial charge in [0, 0.05) is 17.1 Å². The molecular weight excluding hydrogens is 404 g/mol. The van der Waals surface area contributed by atoms with Gasteiger partial charge in [-0.1, -0.05) is 23.2 Å². The van der Waals surface area contributed by atoms with Crippen LogP contribution in [0, 0.1) is 5.82 Å². The van der Waals surface area contributed by atoms with Crippen LogP contribution in [0.25, 0.3) is 0 Å². The smallest absolute Gasteiger partial charge is 0.348 e. The maximum absolute atomic E-state index is 13.8. The Morgan fingerprint density at radius 1 is 1.27 bits per heavy atom. The van der Waals surface area contributed by atoms with Crippen LogP contribution in [0.1, 0.15) is 31.0 Å². The number of nitrogens with zero attached hydrogens (tertiary/aromatic N) is 1. The van der Waals surface area contributed by atoms with Crippen LogP contribution in [0.4, 0.5) is 4.39 Å². The van der Waals surface area contributed by atoms with Gasteiger partial charge in [0.05, 0.1) is 30.2 Å². The molecule has 3 rings (SSSR count). The van der Waals surface area contributed by atoms with E-state index in [1.165, 1.54) is 19.2 Å². The van der Waals surface area contributed by atoms with E-state index in [9.17, 15) is 14.0 Å². The molecule has 26 heavy (non-hydrogen) atoms. The Morgan fingerprint density at radius 2 is 2.00 bits per heavy atom. The number of halogens is 3. The highest BCUT2D eigenvalue weighted by Gasteiger charge is 2.29. The first-order chi connectivity index (χ1) is 12.4. The van der Waals surface area contributed by atoms with E-state index in [1.54, 1.807) is 17.0 Å². The summed E-state index contributed by atoms with van der Waals surface area (Å²) < 4.78 is 24.1. The Morgan fingerprint density at radius 3 is 2.73 bits per heavy atom. The summed E-state index contributed by atoms with van der Waals surface area (Å²) in [4.78, 5) is 26.6. The molecule has 1 aliphatic rings.